The normalized spacial score (nSPS) is 11.4. The molecule has 14 heavy (non-hydrogen) atoms. The fourth-order valence-electron chi connectivity index (χ4n) is 1.18. The Morgan fingerprint density at radius 2 is 2.36 bits per heavy atom. The van der Waals surface area contributed by atoms with Crippen LogP contribution in [0.5, 0.6) is 0 Å². The van der Waals surface area contributed by atoms with Gasteiger partial charge in [-0.15, -0.1) is 11.3 Å². The first-order chi connectivity index (χ1) is 6.39. The number of carbonyl (C=O) groups is 1. The summed E-state index contributed by atoms with van der Waals surface area (Å²) in [6.07, 6.45) is 0.297. The van der Waals surface area contributed by atoms with Crippen LogP contribution in [-0.4, -0.2) is 16.4 Å². The van der Waals surface area contributed by atoms with Crippen LogP contribution in [0.1, 0.15) is 26.0 Å². The second-order valence-corrected chi connectivity index (χ2v) is 4.80. The lowest BCUT2D eigenvalue weighted by molar-refractivity contribution is -0.118. The zero-order valence-electron chi connectivity index (χ0n) is 8.63. The van der Waals surface area contributed by atoms with E-state index in [1.807, 2.05) is 26.2 Å². The molecule has 0 saturated heterocycles. The predicted octanol–water partition coefficient (Wildman–Crippen LogP) is 1.52. The topological polar surface area (TPSA) is 68.0 Å². The Morgan fingerprint density at radius 3 is 2.79 bits per heavy atom. The largest absolute Gasteiger partial charge is 0.370 e. The number of aryl methyl sites for hydroxylation is 1. The van der Waals surface area contributed by atoms with Crippen LogP contribution < -0.4 is 11.1 Å². The molecule has 1 aromatic heterocycles. The number of nitrogens with two attached hydrogens (primary N) is 1. The zero-order valence-corrected chi connectivity index (χ0v) is 9.44. The average molecular weight is 213 g/mol. The molecule has 1 heterocycles. The van der Waals surface area contributed by atoms with Crippen molar-refractivity contribution in [2.75, 3.05) is 5.32 Å². The highest BCUT2D eigenvalue weighted by atomic mass is 32.1. The molecule has 0 bridgehead atoms. The van der Waals surface area contributed by atoms with Crippen LogP contribution in [0.3, 0.4) is 0 Å². The van der Waals surface area contributed by atoms with Crippen molar-refractivity contribution in [1.29, 1.82) is 0 Å². The number of nitrogens with zero attached hydrogens (tertiary/aromatic N) is 1. The Hall–Kier alpha value is -1.10. The van der Waals surface area contributed by atoms with Gasteiger partial charge in [0.15, 0.2) is 5.13 Å². The molecular formula is C9H15N3OS. The number of nitrogens with one attached hydrogen (secondary N) is 1. The quantitative estimate of drug-likeness (QED) is 0.796. The van der Waals surface area contributed by atoms with E-state index in [0.717, 1.165) is 10.8 Å². The number of hydrogen-bond acceptors (Lipinski definition) is 4. The van der Waals surface area contributed by atoms with Gasteiger partial charge in [-0.25, -0.2) is 4.98 Å². The van der Waals surface area contributed by atoms with E-state index in [0.29, 0.717) is 6.42 Å². The van der Waals surface area contributed by atoms with Gasteiger partial charge in [0.1, 0.15) is 0 Å². The third-order valence-electron chi connectivity index (χ3n) is 1.68. The SMILES string of the molecule is Cc1csc(NC(C)(C)CC(N)=O)n1. The lowest BCUT2D eigenvalue weighted by Crippen LogP contribution is -2.35. The van der Waals surface area contributed by atoms with Gasteiger partial charge in [0.2, 0.25) is 5.91 Å². The molecule has 0 spiro atoms. The van der Waals surface area contributed by atoms with Crippen LogP contribution in [0.4, 0.5) is 5.13 Å². The van der Waals surface area contributed by atoms with Gasteiger partial charge < -0.3 is 11.1 Å². The molecule has 0 radical (unpaired) electrons. The Kier molecular flexibility index (Phi) is 3.10. The zero-order chi connectivity index (χ0) is 10.8. The minimum atomic E-state index is -0.337. The van der Waals surface area contributed by atoms with E-state index in [-0.39, 0.29) is 11.4 Å². The van der Waals surface area contributed by atoms with Crippen molar-refractivity contribution >= 4 is 22.4 Å². The summed E-state index contributed by atoms with van der Waals surface area (Å²) in [6.45, 7) is 5.78. The molecule has 4 nitrogen and oxygen atoms in total. The first kappa shape index (κ1) is 11.0. The van der Waals surface area contributed by atoms with Crippen molar-refractivity contribution in [2.45, 2.75) is 32.7 Å². The Labute approximate surface area is 87.5 Å². The van der Waals surface area contributed by atoms with Crippen LogP contribution in [0.15, 0.2) is 5.38 Å². The highest BCUT2D eigenvalue weighted by molar-refractivity contribution is 7.13. The van der Waals surface area contributed by atoms with Gasteiger partial charge in [0, 0.05) is 17.3 Å². The van der Waals surface area contributed by atoms with E-state index in [9.17, 15) is 4.79 Å². The molecule has 3 N–H and O–H groups in total. The summed E-state index contributed by atoms with van der Waals surface area (Å²) >= 11 is 1.53. The molecule has 0 saturated carbocycles. The summed E-state index contributed by atoms with van der Waals surface area (Å²) in [5, 5.41) is 5.97. The van der Waals surface area contributed by atoms with Crippen LogP contribution in [0, 0.1) is 6.92 Å². The van der Waals surface area contributed by atoms with Gasteiger partial charge in [-0.05, 0) is 20.8 Å². The maximum Gasteiger partial charge on any atom is 0.219 e. The van der Waals surface area contributed by atoms with Gasteiger partial charge in [0.25, 0.3) is 0 Å². The van der Waals surface area contributed by atoms with E-state index in [1.54, 1.807) is 0 Å². The second kappa shape index (κ2) is 3.96. The van der Waals surface area contributed by atoms with Crippen LogP contribution in [0.25, 0.3) is 0 Å². The van der Waals surface area contributed by atoms with E-state index in [4.69, 9.17) is 5.73 Å². The van der Waals surface area contributed by atoms with Crippen molar-refractivity contribution in [2.24, 2.45) is 5.73 Å². The smallest absolute Gasteiger partial charge is 0.219 e. The molecule has 1 rings (SSSR count). The molecule has 0 aliphatic heterocycles. The van der Waals surface area contributed by atoms with Crippen molar-refractivity contribution in [3.05, 3.63) is 11.1 Å². The molecular weight excluding hydrogens is 198 g/mol. The first-order valence-electron chi connectivity index (χ1n) is 4.38. The van der Waals surface area contributed by atoms with E-state index < -0.39 is 0 Å². The van der Waals surface area contributed by atoms with E-state index >= 15 is 0 Å². The van der Waals surface area contributed by atoms with Crippen molar-refractivity contribution < 1.29 is 4.79 Å². The maximum atomic E-state index is 10.8. The van der Waals surface area contributed by atoms with Gasteiger partial charge in [0.05, 0.1) is 5.69 Å². The Balaban J connectivity index is 2.63. The summed E-state index contributed by atoms with van der Waals surface area (Å²) in [7, 11) is 0. The molecule has 0 fully saturated rings. The highest BCUT2D eigenvalue weighted by Gasteiger charge is 2.21. The van der Waals surface area contributed by atoms with Crippen molar-refractivity contribution in [1.82, 2.24) is 4.98 Å². The third-order valence-corrected chi connectivity index (χ3v) is 2.56. The van der Waals surface area contributed by atoms with Gasteiger partial charge in [-0.2, -0.15) is 0 Å². The number of carbonyl (C=O) groups excluding carboxylic acids is 1. The average Bonchev–Trinajstić information content (AvgIpc) is 2.30. The summed E-state index contributed by atoms with van der Waals surface area (Å²) in [6, 6.07) is 0. The number of primary amides is 1. The fourth-order valence-corrected chi connectivity index (χ4v) is 2.05. The second-order valence-electron chi connectivity index (χ2n) is 3.95. The summed E-state index contributed by atoms with van der Waals surface area (Å²) in [5.41, 5.74) is 5.78. The van der Waals surface area contributed by atoms with Crippen molar-refractivity contribution in [3.63, 3.8) is 0 Å². The van der Waals surface area contributed by atoms with Crippen LogP contribution in [0.2, 0.25) is 0 Å². The molecule has 1 aromatic rings. The van der Waals surface area contributed by atoms with E-state index in [2.05, 4.69) is 10.3 Å². The monoisotopic (exact) mass is 213 g/mol. The molecule has 0 aromatic carbocycles. The number of hydrogen-bond donors (Lipinski definition) is 2. The summed E-state index contributed by atoms with van der Waals surface area (Å²) in [4.78, 5) is 15.0. The summed E-state index contributed by atoms with van der Waals surface area (Å²) < 4.78 is 0. The number of thiazole rings is 1. The van der Waals surface area contributed by atoms with Crippen LogP contribution >= 0.6 is 11.3 Å². The van der Waals surface area contributed by atoms with Crippen molar-refractivity contribution in [3.8, 4) is 0 Å². The lowest BCUT2D eigenvalue weighted by Gasteiger charge is -2.24. The number of aromatic nitrogens is 1. The highest BCUT2D eigenvalue weighted by Crippen LogP contribution is 2.21. The van der Waals surface area contributed by atoms with Gasteiger partial charge in [-0.3, -0.25) is 4.79 Å². The Morgan fingerprint density at radius 1 is 1.71 bits per heavy atom. The number of anilines is 1. The minimum absolute atomic E-state index is 0.297. The number of amides is 1. The van der Waals surface area contributed by atoms with Gasteiger partial charge >= 0.3 is 0 Å². The molecule has 0 aliphatic carbocycles. The summed E-state index contributed by atoms with van der Waals surface area (Å²) in [5.74, 6) is -0.309. The molecule has 1 amide bonds. The molecule has 5 heteroatoms. The third kappa shape index (κ3) is 3.33. The standard InChI is InChI=1S/C9H15N3OS/c1-6-5-14-8(11-6)12-9(2,3)4-7(10)13/h5H,4H2,1-3H3,(H2,10,13)(H,11,12). The number of rotatable bonds is 4. The predicted molar refractivity (Wildman–Crippen MR) is 58.4 cm³/mol. The molecule has 0 unspecified atom stereocenters. The lowest BCUT2D eigenvalue weighted by atomic mass is 10.0. The van der Waals surface area contributed by atoms with E-state index in [1.165, 1.54) is 11.3 Å². The molecule has 0 atom stereocenters. The Bertz CT molecular complexity index is 333. The maximum absolute atomic E-state index is 10.8. The molecule has 0 aliphatic rings. The fraction of sp³-hybridized carbons (Fsp3) is 0.556. The van der Waals surface area contributed by atoms with Gasteiger partial charge in [-0.1, -0.05) is 0 Å². The van der Waals surface area contributed by atoms with Crippen LogP contribution in [-0.2, 0) is 4.79 Å². The first-order valence-corrected chi connectivity index (χ1v) is 5.26. The molecule has 78 valence electrons. The minimum Gasteiger partial charge on any atom is -0.370 e.